The number of nitrogens with zero attached hydrogens (tertiary/aromatic N) is 1. The van der Waals surface area contributed by atoms with Crippen LogP contribution in [0.4, 0.5) is 5.69 Å². The highest BCUT2D eigenvalue weighted by atomic mass is 127. The van der Waals surface area contributed by atoms with Crippen LogP contribution >= 0.6 is 22.6 Å². The molecule has 0 atom stereocenters. The molecule has 1 rings (SSSR count). The Kier molecular flexibility index (Phi) is 6.74. The topological polar surface area (TPSA) is 52.6 Å². The number of hydrogen-bond acceptors (Lipinski definition) is 3. The minimum Gasteiger partial charge on any atom is -0.395 e. The van der Waals surface area contributed by atoms with E-state index in [0.717, 1.165) is 14.8 Å². The summed E-state index contributed by atoms with van der Waals surface area (Å²) >= 11 is 2.25. The van der Waals surface area contributed by atoms with Crippen LogP contribution in [0.5, 0.6) is 0 Å². The fourth-order valence-corrected chi connectivity index (χ4v) is 2.44. The first-order valence-electron chi connectivity index (χ1n) is 6.35. The van der Waals surface area contributed by atoms with Gasteiger partial charge in [0.1, 0.15) is 0 Å². The fourth-order valence-electron chi connectivity index (χ4n) is 1.79. The van der Waals surface area contributed by atoms with Crippen molar-refractivity contribution in [3.05, 3.63) is 27.3 Å². The van der Waals surface area contributed by atoms with Gasteiger partial charge in [-0.3, -0.25) is 9.69 Å². The van der Waals surface area contributed by atoms with Crippen LogP contribution in [0.2, 0.25) is 0 Å². The molecule has 0 unspecified atom stereocenters. The zero-order valence-corrected chi connectivity index (χ0v) is 13.8. The first-order valence-corrected chi connectivity index (χ1v) is 7.43. The van der Waals surface area contributed by atoms with E-state index < -0.39 is 0 Å². The van der Waals surface area contributed by atoms with Crippen molar-refractivity contribution < 1.29 is 9.90 Å². The van der Waals surface area contributed by atoms with Gasteiger partial charge in [-0.1, -0.05) is 0 Å². The Balaban J connectivity index is 2.63. The maximum atomic E-state index is 12.0. The molecule has 0 fully saturated rings. The van der Waals surface area contributed by atoms with Crippen LogP contribution in [-0.4, -0.2) is 41.7 Å². The third-order valence-electron chi connectivity index (χ3n) is 2.93. The monoisotopic (exact) mass is 376 g/mol. The molecule has 1 amide bonds. The van der Waals surface area contributed by atoms with Crippen LogP contribution in [0.3, 0.4) is 0 Å². The predicted octanol–water partition coefficient (Wildman–Crippen LogP) is 2.24. The SMILES string of the molecule is Cc1cc(I)ccc1NC(=O)CN(CCO)C(C)C. The molecule has 0 radical (unpaired) electrons. The summed E-state index contributed by atoms with van der Waals surface area (Å²) in [7, 11) is 0. The second kappa shape index (κ2) is 7.81. The van der Waals surface area contributed by atoms with Crippen LogP contribution in [0, 0.1) is 10.5 Å². The number of benzene rings is 1. The molecule has 0 aliphatic rings. The van der Waals surface area contributed by atoms with Crippen molar-refractivity contribution in [3.63, 3.8) is 0 Å². The van der Waals surface area contributed by atoms with Gasteiger partial charge in [0.15, 0.2) is 0 Å². The number of aryl methyl sites for hydroxylation is 1. The number of aliphatic hydroxyl groups is 1. The van der Waals surface area contributed by atoms with E-state index in [1.807, 2.05) is 43.9 Å². The summed E-state index contributed by atoms with van der Waals surface area (Å²) in [4.78, 5) is 13.9. The van der Waals surface area contributed by atoms with E-state index in [0.29, 0.717) is 13.1 Å². The molecule has 19 heavy (non-hydrogen) atoms. The Bertz CT molecular complexity index is 435. The molecule has 0 saturated heterocycles. The van der Waals surface area contributed by atoms with Crippen molar-refractivity contribution in [1.82, 2.24) is 4.90 Å². The average Bonchev–Trinajstić information content (AvgIpc) is 2.32. The summed E-state index contributed by atoms with van der Waals surface area (Å²) in [6.45, 7) is 6.87. The van der Waals surface area contributed by atoms with Crippen molar-refractivity contribution in [2.45, 2.75) is 26.8 Å². The van der Waals surface area contributed by atoms with E-state index in [1.165, 1.54) is 0 Å². The van der Waals surface area contributed by atoms with Gasteiger partial charge in [0, 0.05) is 21.8 Å². The number of nitrogens with one attached hydrogen (secondary N) is 1. The molecule has 2 N–H and O–H groups in total. The van der Waals surface area contributed by atoms with E-state index in [2.05, 4.69) is 27.9 Å². The maximum Gasteiger partial charge on any atom is 0.238 e. The van der Waals surface area contributed by atoms with E-state index in [1.54, 1.807) is 0 Å². The summed E-state index contributed by atoms with van der Waals surface area (Å²) in [5, 5.41) is 11.9. The molecule has 4 nitrogen and oxygen atoms in total. The Labute approximate surface area is 128 Å². The number of anilines is 1. The number of halogens is 1. The standard InChI is InChI=1S/C14H21IN2O2/c1-10(2)17(6-7-18)9-14(19)16-13-5-4-12(15)8-11(13)3/h4-5,8,10,18H,6-7,9H2,1-3H3,(H,16,19). The second-order valence-electron chi connectivity index (χ2n) is 4.80. The average molecular weight is 376 g/mol. The first kappa shape index (κ1) is 16.4. The molecule has 0 spiro atoms. The van der Waals surface area contributed by atoms with Crippen LogP contribution in [0.25, 0.3) is 0 Å². The summed E-state index contributed by atoms with van der Waals surface area (Å²) in [5.41, 5.74) is 1.90. The normalized spacial score (nSPS) is 11.1. The zero-order valence-electron chi connectivity index (χ0n) is 11.6. The van der Waals surface area contributed by atoms with Crippen LogP contribution in [0.15, 0.2) is 18.2 Å². The van der Waals surface area contributed by atoms with Gasteiger partial charge in [-0.15, -0.1) is 0 Å². The number of carbonyl (C=O) groups excluding carboxylic acids is 1. The Hall–Kier alpha value is -0.660. The van der Waals surface area contributed by atoms with E-state index in [9.17, 15) is 4.79 Å². The van der Waals surface area contributed by atoms with Crippen LogP contribution in [0.1, 0.15) is 19.4 Å². The van der Waals surface area contributed by atoms with Crippen molar-refractivity contribution >= 4 is 34.2 Å². The highest BCUT2D eigenvalue weighted by Gasteiger charge is 2.14. The lowest BCUT2D eigenvalue weighted by molar-refractivity contribution is -0.117. The number of amides is 1. The van der Waals surface area contributed by atoms with Crippen molar-refractivity contribution in [1.29, 1.82) is 0 Å². The molecule has 5 heteroatoms. The van der Waals surface area contributed by atoms with Gasteiger partial charge in [-0.2, -0.15) is 0 Å². The molecular weight excluding hydrogens is 355 g/mol. The predicted molar refractivity (Wildman–Crippen MR) is 86.3 cm³/mol. The zero-order chi connectivity index (χ0) is 14.4. The molecule has 0 aliphatic heterocycles. The van der Waals surface area contributed by atoms with Crippen molar-refractivity contribution in [2.75, 3.05) is 25.0 Å². The molecule has 0 aromatic heterocycles. The molecule has 0 aliphatic carbocycles. The van der Waals surface area contributed by atoms with Gasteiger partial charge in [0.05, 0.1) is 13.2 Å². The van der Waals surface area contributed by atoms with E-state index in [4.69, 9.17) is 5.11 Å². The van der Waals surface area contributed by atoms with Crippen molar-refractivity contribution in [2.24, 2.45) is 0 Å². The maximum absolute atomic E-state index is 12.0. The second-order valence-corrected chi connectivity index (χ2v) is 6.04. The van der Waals surface area contributed by atoms with Gasteiger partial charge in [-0.25, -0.2) is 0 Å². The smallest absolute Gasteiger partial charge is 0.238 e. The largest absolute Gasteiger partial charge is 0.395 e. The Morgan fingerprint density at radius 2 is 2.16 bits per heavy atom. The van der Waals surface area contributed by atoms with E-state index in [-0.39, 0.29) is 18.6 Å². The summed E-state index contributed by atoms with van der Waals surface area (Å²) in [6, 6.07) is 6.15. The lowest BCUT2D eigenvalue weighted by Gasteiger charge is -2.24. The van der Waals surface area contributed by atoms with Gasteiger partial charge < -0.3 is 10.4 Å². The van der Waals surface area contributed by atoms with Gasteiger partial charge >= 0.3 is 0 Å². The molecule has 106 valence electrons. The first-order chi connectivity index (χ1) is 8.93. The molecule has 0 bridgehead atoms. The van der Waals surface area contributed by atoms with Gasteiger partial charge in [0.25, 0.3) is 0 Å². The lowest BCUT2D eigenvalue weighted by atomic mass is 10.2. The summed E-state index contributed by atoms with van der Waals surface area (Å²) in [5.74, 6) is -0.0496. The third kappa shape index (κ3) is 5.46. The summed E-state index contributed by atoms with van der Waals surface area (Å²) in [6.07, 6.45) is 0. The lowest BCUT2D eigenvalue weighted by Crippen LogP contribution is -2.39. The fraction of sp³-hybridized carbons (Fsp3) is 0.500. The van der Waals surface area contributed by atoms with Gasteiger partial charge in [-0.05, 0) is 67.1 Å². The highest BCUT2D eigenvalue weighted by Crippen LogP contribution is 2.17. The molecular formula is C14H21IN2O2. The minimum absolute atomic E-state index is 0.0496. The van der Waals surface area contributed by atoms with Crippen LogP contribution in [-0.2, 0) is 4.79 Å². The number of hydrogen-bond donors (Lipinski definition) is 2. The Morgan fingerprint density at radius 1 is 1.47 bits per heavy atom. The van der Waals surface area contributed by atoms with Crippen LogP contribution < -0.4 is 5.32 Å². The molecule has 1 aromatic carbocycles. The molecule has 1 aromatic rings. The van der Waals surface area contributed by atoms with E-state index >= 15 is 0 Å². The third-order valence-corrected chi connectivity index (χ3v) is 3.60. The summed E-state index contributed by atoms with van der Waals surface area (Å²) < 4.78 is 1.15. The number of carbonyl (C=O) groups is 1. The molecule has 0 saturated carbocycles. The Morgan fingerprint density at radius 3 is 2.68 bits per heavy atom. The molecule has 0 heterocycles. The highest BCUT2D eigenvalue weighted by molar-refractivity contribution is 14.1. The number of aliphatic hydroxyl groups excluding tert-OH is 1. The number of rotatable bonds is 6. The quantitative estimate of drug-likeness (QED) is 0.749. The van der Waals surface area contributed by atoms with Gasteiger partial charge in [0.2, 0.25) is 5.91 Å². The minimum atomic E-state index is -0.0496. The van der Waals surface area contributed by atoms with Crippen molar-refractivity contribution in [3.8, 4) is 0 Å².